The molecule has 6 nitrogen and oxygen atoms in total. The first-order valence-corrected chi connectivity index (χ1v) is 8.43. The minimum atomic E-state index is -0.533. The summed E-state index contributed by atoms with van der Waals surface area (Å²) in [7, 11) is 0. The van der Waals surface area contributed by atoms with E-state index in [1.54, 1.807) is 17.4 Å². The minimum absolute atomic E-state index is 0.206. The Bertz CT molecular complexity index is 1200. The van der Waals surface area contributed by atoms with Gasteiger partial charge in [-0.05, 0) is 19.1 Å². The molecule has 4 aromatic rings. The van der Waals surface area contributed by atoms with Crippen molar-refractivity contribution in [3.63, 3.8) is 0 Å². The van der Waals surface area contributed by atoms with Crippen LogP contribution in [0.5, 0.6) is 0 Å². The van der Waals surface area contributed by atoms with Gasteiger partial charge in [-0.3, -0.25) is 9.20 Å². The van der Waals surface area contributed by atoms with E-state index in [0.29, 0.717) is 22.4 Å². The molecule has 0 unspecified atom stereocenters. The number of carbonyl (C=O) groups excluding carboxylic acids is 1. The van der Waals surface area contributed by atoms with Crippen LogP contribution in [0.4, 0.5) is 0 Å². The van der Waals surface area contributed by atoms with Crippen LogP contribution in [-0.4, -0.2) is 26.9 Å². The fourth-order valence-corrected chi connectivity index (χ4v) is 3.18. The van der Waals surface area contributed by atoms with E-state index in [2.05, 4.69) is 9.97 Å². The molecule has 26 heavy (non-hydrogen) atoms. The fraction of sp³-hybridized carbons (Fsp3) is 0.105. The van der Waals surface area contributed by atoms with Crippen LogP contribution >= 0.6 is 11.6 Å². The van der Waals surface area contributed by atoms with Gasteiger partial charge in [0.1, 0.15) is 11.3 Å². The number of hydrogen-bond acceptors (Lipinski definition) is 4. The largest absolute Gasteiger partial charge is 0.462 e. The van der Waals surface area contributed by atoms with Gasteiger partial charge < -0.3 is 9.72 Å². The summed E-state index contributed by atoms with van der Waals surface area (Å²) in [5.74, 6) is 0.0888. The zero-order valence-corrected chi connectivity index (χ0v) is 14.6. The van der Waals surface area contributed by atoms with Crippen LogP contribution in [0.3, 0.4) is 0 Å². The van der Waals surface area contributed by atoms with E-state index >= 15 is 0 Å². The summed E-state index contributed by atoms with van der Waals surface area (Å²) < 4.78 is 6.76. The van der Waals surface area contributed by atoms with Crippen LogP contribution in [0.1, 0.15) is 17.3 Å². The Morgan fingerprint density at radius 1 is 1.23 bits per heavy atom. The second kappa shape index (κ2) is 6.31. The molecule has 130 valence electrons. The van der Waals surface area contributed by atoms with E-state index in [1.807, 2.05) is 30.3 Å². The molecule has 0 radical (unpaired) electrons. The third-order valence-electron chi connectivity index (χ3n) is 4.10. The van der Waals surface area contributed by atoms with E-state index in [-0.39, 0.29) is 22.8 Å². The highest BCUT2D eigenvalue weighted by Crippen LogP contribution is 2.27. The topological polar surface area (TPSA) is 76.5 Å². The predicted octanol–water partition coefficient (Wildman–Crippen LogP) is 3.67. The standard InChI is InChI=1S/C19H14ClN3O3/c1-2-26-19(25)12-8-14-15(9-13(12)20)23-16(18(24)22-14)10-21-17(23)11-6-4-3-5-7-11/h3-10H,2H2,1H3,(H,22,24). The van der Waals surface area contributed by atoms with Gasteiger partial charge in [-0.2, -0.15) is 0 Å². The van der Waals surface area contributed by atoms with Crippen molar-refractivity contribution in [2.24, 2.45) is 0 Å². The number of carbonyl (C=O) groups is 1. The van der Waals surface area contributed by atoms with Crippen molar-refractivity contribution >= 4 is 34.1 Å². The Morgan fingerprint density at radius 2 is 2.00 bits per heavy atom. The lowest BCUT2D eigenvalue weighted by Crippen LogP contribution is -2.12. The zero-order chi connectivity index (χ0) is 18.3. The number of halogens is 1. The van der Waals surface area contributed by atoms with Gasteiger partial charge in [0.25, 0.3) is 5.56 Å². The summed E-state index contributed by atoms with van der Waals surface area (Å²) in [5.41, 5.74) is 2.29. The normalized spacial score (nSPS) is 11.2. The monoisotopic (exact) mass is 367 g/mol. The summed E-state index contributed by atoms with van der Waals surface area (Å²) >= 11 is 6.31. The highest BCUT2D eigenvalue weighted by atomic mass is 35.5. The van der Waals surface area contributed by atoms with Crippen molar-refractivity contribution in [1.29, 1.82) is 0 Å². The number of imidazole rings is 1. The number of benzene rings is 2. The first kappa shape index (κ1) is 16.4. The molecule has 0 aliphatic rings. The number of aromatic amines is 1. The second-order valence-electron chi connectivity index (χ2n) is 5.69. The Balaban J connectivity index is 2.06. The number of nitrogens with zero attached hydrogens (tertiary/aromatic N) is 2. The molecule has 0 amide bonds. The van der Waals surface area contributed by atoms with Gasteiger partial charge >= 0.3 is 5.97 Å². The molecule has 0 aliphatic heterocycles. The summed E-state index contributed by atoms with van der Waals surface area (Å²) in [4.78, 5) is 31.7. The summed E-state index contributed by atoms with van der Waals surface area (Å²) in [5, 5.41) is 0.247. The molecule has 0 saturated heterocycles. The first-order chi connectivity index (χ1) is 12.6. The molecule has 1 N–H and O–H groups in total. The van der Waals surface area contributed by atoms with Gasteiger partial charge in [0, 0.05) is 5.56 Å². The molecule has 2 heterocycles. The maximum Gasteiger partial charge on any atom is 0.339 e. The molecule has 0 atom stereocenters. The average molecular weight is 368 g/mol. The summed E-state index contributed by atoms with van der Waals surface area (Å²) in [6.07, 6.45) is 1.52. The van der Waals surface area contributed by atoms with Gasteiger partial charge in [0.05, 0.1) is 34.4 Å². The molecule has 0 spiro atoms. The lowest BCUT2D eigenvalue weighted by molar-refractivity contribution is 0.0526. The van der Waals surface area contributed by atoms with E-state index in [0.717, 1.165) is 5.56 Å². The Hall–Kier alpha value is -3.12. The van der Waals surface area contributed by atoms with Gasteiger partial charge in [-0.1, -0.05) is 41.9 Å². The highest BCUT2D eigenvalue weighted by Gasteiger charge is 2.17. The van der Waals surface area contributed by atoms with Crippen molar-refractivity contribution in [2.45, 2.75) is 6.92 Å². The van der Waals surface area contributed by atoms with Gasteiger partial charge in [0.2, 0.25) is 0 Å². The Morgan fingerprint density at radius 3 is 2.73 bits per heavy atom. The van der Waals surface area contributed by atoms with Crippen molar-refractivity contribution in [2.75, 3.05) is 6.61 Å². The minimum Gasteiger partial charge on any atom is -0.462 e. The molecule has 2 aromatic heterocycles. The van der Waals surface area contributed by atoms with Crippen LogP contribution in [-0.2, 0) is 4.74 Å². The quantitative estimate of drug-likeness (QED) is 0.560. The van der Waals surface area contributed by atoms with Crippen molar-refractivity contribution < 1.29 is 9.53 Å². The molecule has 0 fully saturated rings. The van der Waals surface area contributed by atoms with E-state index in [1.165, 1.54) is 12.3 Å². The fourth-order valence-electron chi connectivity index (χ4n) is 2.95. The van der Waals surface area contributed by atoms with Crippen molar-refractivity contribution in [3.05, 3.63) is 69.6 Å². The third kappa shape index (κ3) is 2.55. The van der Waals surface area contributed by atoms with Gasteiger partial charge in [-0.15, -0.1) is 0 Å². The predicted molar refractivity (Wildman–Crippen MR) is 99.7 cm³/mol. The molecule has 4 rings (SSSR count). The molecule has 0 bridgehead atoms. The average Bonchev–Trinajstić information content (AvgIpc) is 3.09. The molecular weight excluding hydrogens is 354 g/mol. The van der Waals surface area contributed by atoms with Crippen LogP contribution in [0.15, 0.2) is 53.5 Å². The number of aromatic nitrogens is 3. The third-order valence-corrected chi connectivity index (χ3v) is 4.41. The number of ether oxygens (including phenoxy) is 1. The van der Waals surface area contributed by atoms with Crippen LogP contribution in [0, 0.1) is 0 Å². The lowest BCUT2D eigenvalue weighted by atomic mass is 10.1. The number of esters is 1. The van der Waals surface area contributed by atoms with Crippen LogP contribution < -0.4 is 5.56 Å². The highest BCUT2D eigenvalue weighted by molar-refractivity contribution is 6.34. The van der Waals surface area contributed by atoms with Gasteiger partial charge in [-0.25, -0.2) is 9.78 Å². The lowest BCUT2D eigenvalue weighted by Gasteiger charge is -2.09. The molecule has 0 aliphatic carbocycles. The molecule has 2 aromatic carbocycles. The van der Waals surface area contributed by atoms with Crippen LogP contribution in [0.2, 0.25) is 5.02 Å². The zero-order valence-electron chi connectivity index (χ0n) is 13.8. The summed E-state index contributed by atoms with van der Waals surface area (Å²) in [6.45, 7) is 1.96. The number of H-pyrrole nitrogens is 1. The molecule has 7 heteroatoms. The number of hydrogen-bond donors (Lipinski definition) is 1. The van der Waals surface area contributed by atoms with E-state index < -0.39 is 5.97 Å². The van der Waals surface area contributed by atoms with E-state index in [9.17, 15) is 9.59 Å². The Labute approximate surface area is 153 Å². The first-order valence-electron chi connectivity index (χ1n) is 8.05. The summed E-state index contributed by atoms with van der Waals surface area (Å²) in [6, 6.07) is 12.7. The van der Waals surface area contributed by atoms with Gasteiger partial charge in [0.15, 0.2) is 0 Å². The van der Waals surface area contributed by atoms with Crippen molar-refractivity contribution in [3.8, 4) is 11.4 Å². The molecular formula is C19H14ClN3O3. The maximum absolute atomic E-state index is 12.5. The SMILES string of the molecule is CCOC(=O)c1cc2[nH]c(=O)c3cnc(-c4ccccc4)n3c2cc1Cl. The second-order valence-corrected chi connectivity index (χ2v) is 6.10. The molecule has 0 saturated carbocycles. The van der Waals surface area contributed by atoms with E-state index in [4.69, 9.17) is 16.3 Å². The smallest absolute Gasteiger partial charge is 0.339 e. The number of nitrogens with one attached hydrogen (secondary N) is 1. The Kier molecular flexibility index (Phi) is 3.97. The number of rotatable bonds is 3. The number of fused-ring (bicyclic) bond motifs is 3. The van der Waals surface area contributed by atoms with Crippen LogP contribution in [0.25, 0.3) is 27.9 Å². The van der Waals surface area contributed by atoms with Crippen molar-refractivity contribution in [1.82, 2.24) is 14.4 Å². The maximum atomic E-state index is 12.5.